The van der Waals surface area contributed by atoms with Gasteiger partial charge in [0.15, 0.2) is 0 Å². The molecule has 5 nitrogen and oxygen atoms in total. The van der Waals surface area contributed by atoms with Crippen LogP contribution in [0.15, 0.2) is 0 Å². The average molecular weight is 569 g/mol. The molecular weight excluding hydrogens is 500 g/mol. The molecule has 238 valence electrons. The van der Waals surface area contributed by atoms with Gasteiger partial charge in [0.1, 0.15) is 19.3 Å². The summed E-state index contributed by atoms with van der Waals surface area (Å²) in [5, 5.41) is 9.92. The van der Waals surface area contributed by atoms with E-state index >= 15 is 0 Å². The van der Waals surface area contributed by atoms with E-state index in [4.69, 9.17) is 9.47 Å². The number of carbonyl (C=O) groups is 2. The first-order chi connectivity index (χ1) is 19.5. The van der Waals surface area contributed by atoms with Crippen LogP contribution in [0.25, 0.3) is 0 Å². The summed E-state index contributed by atoms with van der Waals surface area (Å²) in [6, 6.07) is 0. The molecule has 0 radical (unpaired) electrons. The number of hydrogen-bond acceptors (Lipinski definition) is 5. The van der Waals surface area contributed by atoms with E-state index in [1.54, 1.807) is 0 Å². The third kappa shape index (κ3) is 31.4. The second kappa shape index (κ2) is 30.8. The van der Waals surface area contributed by atoms with E-state index in [-0.39, 0.29) is 25.2 Å². The molecule has 0 aromatic heterocycles. The summed E-state index contributed by atoms with van der Waals surface area (Å²) in [5.74, 6) is 0.297. The Balaban J connectivity index is 3.35. The molecule has 0 aliphatic carbocycles. The van der Waals surface area contributed by atoms with Crippen LogP contribution in [0, 0.1) is 5.92 Å². The van der Waals surface area contributed by atoms with Gasteiger partial charge in [0, 0.05) is 12.8 Å². The second-order valence-corrected chi connectivity index (χ2v) is 12.5. The predicted octanol–water partition coefficient (Wildman–Crippen LogP) is 10.3. The number of aliphatic hydroxyl groups excluding tert-OH is 1. The predicted molar refractivity (Wildman–Crippen MR) is 168 cm³/mol. The standard InChI is InChI=1S/C35H68O5/c1-4-5-6-7-18-22-25-28-34(37)39-30-33(36)31-40-35(38)29-26-23-20-17-15-13-11-9-8-10-12-14-16-19-21-24-27-32(2)3/h32-33,36H,4-31H2,1-3H3/t33-/m0/s1. The molecule has 0 saturated carbocycles. The Hall–Kier alpha value is -1.10. The van der Waals surface area contributed by atoms with E-state index in [1.165, 1.54) is 122 Å². The summed E-state index contributed by atoms with van der Waals surface area (Å²) in [6.45, 7) is 6.62. The highest BCUT2D eigenvalue weighted by atomic mass is 16.6. The lowest BCUT2D eigenvalue weighted by Crippen LogP contribution is -2.25. The molecule has 0 rings (SSSR count). The summed E-state index contributed by atoms with van der Waals surface area (Å²) in [7, 11) is 0. The van der Waals surface area contributed by atoms with E-state index in [0.717, 1.165) is 38.0 Å². The fraction of sp³-hybridized carbons (Fsp3) is 0.943. The number of unbranched alkanes of at least 4 members (excludes halogenated alkanes) is 21. The summed E-state index contributed by atoms with van der Waals surface area (Å²) in [5.41, 5.74) is 0. The van der Waals surface area contributed by atoms with Crippen LogP contribution in [0.5, 0.6) is 0 Å². The van der Waals surface area contributed by atoms with Crippen LogP contribution in [-0.2, 0) is 19.1 Å². The minimum absolute atomic E-state index is 0.109. The van der Waals surface area contributed by atoms with Crippen LogP contribution in [0.1, 0.15) is 188 Å². The molecule has 0 amide bonds. The summed E-state index contributed by atoms with van der Waals surface area (Å²) in [6.07, 6.45) is 30.2. The van der Waals surface area contributed by atoms with Crippen LogP contribution < -0.4 is 0 Å². The van der Waals surface area contributed by atoms with Crippen molar-refractivity contribution in [2.75, 3.05) is 13.2 Å². The van der Waals surface area contributed by atoms with Crippen molar-refractivity contribution in [2.24, 2.45) is 5.92 Å². The normalized spacial score (nSPS) is 12.1. The van der Waals surface area contributed by atoms with Gasteiger partial charge < -0.3 is 14.6 Å². The number of rotatable bonds is 31. The molecule has 0 heterocycles. The van der Waals surface area contributed by atoms with Gasteiger partial charge in [-0.05, 0) is 18.8 Å². The molecule has 0 aromatic carbocycles. The van der Waals surface area contributed by atoms with Gasteiger partial charge in [-0.1, -0.05) is 162 Å². The fourth-order valence-electron chi connectivity index (χ4n) is 5.09. The molecule has 0 saturated heterocycles. The summed E-state index contributed by atoms with van der Waals surface area (Å²) >= 11 is 0. The highest BCUT2D eigenvalue weighted by molar-refractivity contribution is 5.69. The molecule has 0 bridgehead atoms. The largest absolute Gasteiger partial charge is 0.463 e. The lowest BCUT2D eigenvalue weighted by atomic mass is 10.0. The quantitative estimate of drug-likeness (QED) is 0.0665. The van der Waals surface area contributed by atoms with Crippen molar-refractivity contribution >= 4 is 11.9 Å². The van der Waals surface area contributed by atoms with Crippen molar-refractivity contribution in [2.45, 2.75) is 194 Å². The Morgan fingerprint density at radius 3 is 1.12 bits per heavy atom. The van der Waals surface area contributed by atoms with E-state index in [1.807, 2.05) is 0 Å². The Morgan fingerprint density at radius 2 is 0.800 bits per heavy atom. The van der Waals surface area contributed by atoms with Gasteiger partial charge in [-0.2, -0.15) is 0 Å². The Labute approximate surface area is 248 Å². The van der Waals surface area contributed by atoms with Crippen LogP contribution in [-0.4, -0.2) is 36.4 Å². The molecule has 0 aliphatic heterocycles. The van der Waals surface area contributed by atoms with Crippen molar-refractivity contribution in [1.29, 1.82) is 0 Å². The first-order valence-electron chi connectivity index (χ1n) is 17.4. The minimum Gasteiger partial charge on any atom is -0.463 e. The van der Waals surface area contributed by atoms with E-state index in [9.17, 15) is 14.7 Å². The Kier molecular flexibility index (Phi) is 30.0. The maximum Gasteiger partial charge on any atom is 0.305 e. The highest BCUT2D eigenvalue weighted by Gasteiger charge is 2.12. The Bertz CT molecular complexity index is 548. The van der Waals surface area contributed by atoms with Gasteiger partial charge in [-0.15, -0.1) is 0 Å². The third-order valence-electron chi connectivity index (χ3n) is 7.77. The zero-order valence-corrected chi connectivity index (χ0v) is 27.0. The zero-order chi connectivity index (χ0) is 29.5. The SMILES string of the molecule is CCCCCCCCCC(=O)OC[C@H](O)COC(=O)CCCCCCCCCCCCCCCCCCC(C)C. The van der Waals surface area contributed by atoms with Gasteiger partial charge in [0.05, 0.1) is 0 Å². The van der Waals surface area contributed by atoms with Crippen molar-refractivity contribution in [3.8, 4) is 0 Å². The van der Waals surface area contributed by atoms with Gasteiger partial charge >= 0.3 is 11.9 Å². The summed E-state index contributed by atoms with van der Waals surface area (Å²) < 4.78 is 10.2. The molecule has 0 fully saturated rings. The number of esters is 2. The van der Waals surface area contributed by atoms with Crippen molar-refractivity contribution in [3.05, 3.63) is 0 Å². The first kappa shape index (κ1) is 38.9. The molecule has 0 spiro atoms. The van der Waals surface area contributed by atoms with Crippen LogP contribution in [0.4, 0.5) is 0 Å². The lowest BCUT2D eigenvalue weighted by Gasteiger charge is -2.12. The lowest BCUT2D eigenvalue weighted by molar-refractivity contribution is -0.152. The Morgan fingerprint density at radius 1 is 0.500 bits per heavy atom. The van der Waals surface area contributed by atoms with Crippen LogP contribution in [0.3, 0.4) is 0 Å². The molecule has 40 heavy (non-hydrogen) atoms. The third-order valence-corrected chi connectivity index (χ3v) is 7.77. The smallest absolute Gasteiger partial charge is 0.305 e. The van der Waals surface area contributed by atoms with Crippen LogP contribution >= 0.6 is 0 Å². The maximum atomic E-state index is 11.9. The van der Waals surface area contributed by atoms with Gasteiger partial charge in [-0.25, -0.2) is 0 Å². The summed E-state index contributed by atoms with van der Waals surface area (Å²) in [4.78, 5) is 23.7. The topological polar surface area (TPSA) is 72.8 Å². The fourth-order valence-corrected chi connectivity index (χ4v) is 5.09. The molecule has 0 aliphatic rings. The van der Waals surface area contributed by atoms with Crippen molar-refractivity contribution in [3.63, 3.8) is 0 Å². The number of hydrogen-bond donors (Lipinski definition) is 1. The van der Waals surface area contributed by atoms with Gasteiger partial charge in [0.2, 0.25) is 0 Å². The van der Waals surface area contributed by atoms with Crippen molar-refractivity contribution in [1.82, 2.24) is 0 Å². The zero-order valence-electron chi connectivity index (χ0n) is 27.0. The molecule has 1 atom stereocenters. The van der Waals surface area contributed by atoms with E-state index < -0.39 is 6.10 Å². The molecular formula is C35H68O5. The minimum atomic E-state index is -0.952. The first-order valence-corrected chi connectivity index (χ1v) is 17.4. The van der Waals surface area contributed by atoms with Gasteiger partial charge in [0.25, 0.3) is 0 Å². The number of carbonyl (C=O) groups excluding carboxylic acids is 2. The van der Waals surface area contributed by atoms with E-state index in [2.05, 4.69) is 20.8 Å². The molecule has 5 heteroatoms. The molecule has 0 aromatic rings. The molecule has 0 unspecified atom stereocenters. The monoisotopic (exact) mass is 569 g/mol. The highest BCUT2D eigenvalue weighted by Crippen LogP contribution is 2.15. The van der Waals surface area contributed by atoms with Crippen molar-refractivity contribution < 1.29 is 24.2 Å². The van der Waals surface area contributed by atoms with Crippen LogP contribution in [0.2, 0.25) is 0 Å². The maximum absolute atomic E-state index is 11.9. The average Bonchev–Trinajstić information content (AvgIpc) is 2.93. The number of aliphatic hydroxyl groups is 1. The van der Waals surface area contributed by atoms with E-state index in [0.29, 0.717) is 12.8 Å². The number of ether oxygens (including phenoxy) is 2. The second-order valence-electron chi connectivity index (χ2n) is 12.5. The molecule has 1 N–H and O–H groups in total. The van der Waals surface area contributed by atoms with Gasteiger partial charge in [-0.3, -0.25) is 9.59 Å².